The number of anilines is 2. The van der Waals surface area contributed by atoms with Crippen molar-refractivity contribution in [3.05, 3.63) is 18.2 Å². The molecule has 0 atom stereocenters. The molecule has 3 heteroatoms. The van der Waals surface area contributed by atoms with Gasteiger partial charge in [0.25, 0.3) is 0 Å². The first kappa shape index (κ1) is 8.35. The number of nitrogens with one attached hydrogen (secondary N) is 1. The van der Waals surface area contributed by atoms with Gasteiger partial charge in [-0.05, 0) is 25.0 Å². The molecule has 0 amide bonds. The second-order valence-corrected chi connectivity index (χ2v) is 3.47. The number of hydrogen-bond donors (Lipinski definition) is 1. The lowest BCUT2D eigenvalue weighted by atomic mass is 10.4. The molecule has 1 fully saturated rings. The van der Waals surface area contributed by atoms with Crippen LogP contribution in [0.25, 0.3) is 0 Å². The van der Waals surface area contributed by atoms with Crippen LogP contribution in [0.2, 0.25) is 0 Å². The van der Waals surface area contributed by atoms with Crippen molar-refractivity contribution in [2.45, 2.75) is 18.9 Å². The summed E-state index contributed by atoms with van der Waals surface area (Å²) >= 11 is 0. The summed E-state index contributed by atoms with van der Waals surface area (Å²) in [6, 6.07) is 6.79. The summed E-state index contributed by atoms with van der Waals surface area (Å²) in [5.41, 5.74) is 0. The monoisotopic (exact) mass is 177 g/mol. The molecule has 0 spiro atoms. The first-order valence-electron chi connectivity index (χ1n) is 4.69. The first-order chi connectivity index (χ1) is 6.31. The highest BCUT2D eigenvalue weighted by atomic mass is 15.2. The second kappa shape index (κ2) is 3.24. The van der Waals surface area contributed by atoms with Crippen molar-refractivity contribution in [1.82, 2.24) is 4.98 Å². The van der Waals surface area contributed by atoms with Gasteiger partial charge in [0.15, 0.2) is 0 Å². The molecular weight excluding hydrogens is 162 g/mol. The number of nitrogens with zero attached hydrogens (tertiary/aromatic N) is 2. The van der Waals surface area contributed by atoms with Crippen molar-refractivity contribution in [3.63, 3.8) is 0 Å². The summed E-state index contributed by atoms with van der Waals surface area (Å²) < 4.78 is 0. The van der Waals surface area contributed by atoms with E-state index in [2.05, 4.69) is 28.3 Å². The highest BCUT2D eigenvalue weighted by molar-refractivity contribution is 5.47. The van der Waals surface area contributed by atoms with E-state index in [-0.39, 0.29) is 0 Å². The Balaban J connectivity index is 2.18. The topological polar surface area (TPSA) is 28.2 Å². The fourth-order valence-electron chi connectivity index (χ4n) is 1.41. The third-order valence-corrected chi connectivity index (χ3v) is 2.45. The SMILES string of the molecule is CNc1cccc(N(C)C2CC2)n1. The molecule has 1 heterocycles. The van der Waals surface area contributed by atoms with Crippen molar-refractivity contribution in [3.8, 4) is 0 Å². The molecule has 1 aromatic heterocycles. The molecule has 0 radical (unpaired) electrons. The Morgan fingerprint density at radius 2 is 2.23 bits per heavy atom. The lowest BCUT2D eigenvalue weighted by Crippen LogP contribution is -2.20. The fraction of sp³-hybridized carbons (Fsp3) is 0.500. The minimum absolute atomic E-state index is 0.722. The number of aromatic nitrogens is 1. The maximum absolute atomic E-state index is 4.47. The molecule has 1 aliphatic rings. The number of rotatable bonds is 3. The summed E-state index contributed by atoms with van der Waals surface area (Å²) in [7, 11) is 4.00. The zero-order valence-electron chi connectivity index (χ0n) is 8.12. The van der Waals surface area contributed by atoms with Crippen molar-refractivity contribution in [2.24, 2.45) is 0 Å². The zero-order valence-corrected chi connectivity index (χ0v) is 8.12. The summed E-state index contributed by atoms with van der Waals surface area (Å²) in [6.45, 7) is 0. The summed E-state index contributed by atoms with van der Waals surface area (Å²) in [6.07, 6.45) is 2.62. The minimum Gasteiger partial charge on any atom is -0.373 e. The van der Waals surface area contributed by atoms with Gasteiger partial charge in [0, 0.05) is 20.1 Å². The predicted octanol–water partition coefficient (Wildman–Crippen LogP) is 1.72. The van der Waals surface area contributed by atoms with Crippen LogP contribution < -0.4 is 10.2 Å². The minimum atomic E-state index is 0.722. The Bertz CT molecular complexity index is 294. The van der Waals surface area contributed by atoms with E-state index in [0.29, 0.717) is 0 Å². The van der Waals surface area contributed by atoms with Gasteiger partial charge in [0.05, 0.1) is 0 Å². The maximum Gasteiger partial charge on any atom is 0.130 e. The highest BCUT2D eigenvalue weighted by Crippen LogP contribution is 2.29. The van der Waals surface area contributed by atoms with Crippen LogP contribution in [0.5, 0.6) is 0 Å². The number of pyridine rings is 1. The third-order valence-electron chi connectivity index (χ3n) is 2.45. The van der Waals surface area contributed by atoms with Gasteiger partial charge in [-0.25, -0.2) is 4.98 Å². The Kier molecular flexibility index (Phi) is 2.08. The molecule has 0 unspecified atom stereocenters. The van der Waals surface area contributed by atoms with Gasteiger partial charge in [0.1, 0.15) is 11.6 Å². The second-order valence-electron chi connectivity index (χ2n) is 3.47. The average Bonchev–Trinajstić information content (AvgIpc) is 3.00. The van der Waals surface area contributed by atoms with Gasteiger partial charge in [-0.3, -0.25) is 0 Å². The van der Waals surface area contributed by atoms with Gasteiger partial charge in [-0.2, -0.15) is 0 Å². The van der Waals surface area contributed by atoms with E-state index in [9.17, 15) is 0 Å². The van der Waals surface area contributed by atoms with Crippen LogP contribution in [-0.2, 0) is 0 Å². The molecule has 0 aromatic carbocycles. The largest absolute Gasteiger partial charge is 0.373 e. The molecular formula is C10H15N3. The van der Waals surface area contributed by atoms with Crippen LogP contribution in [0.4, 0.5) is 11.6 Å². The van der Waals surface area contributed by atoms with E-state index in [0.717, 1.165) is 17.7 Å². The molecule has 1 aromatic rings. The van der Waals surface area contributed by atoms with E-state index in [1.165, 1.54) is 12.8 Å². The van der Waals surface area contributed by atoms with Crippen LogP contribution in [0.3, 0.4) is 0 Å². The molecule has 0 saturated heterocycles. The molecule has 1 saturated carbocycles. The van der Waals surface area contributed by atoms with Gasteiger partial charge in [-0.15, -0.1) is 0 Å². The molecule has 70 valence electrons. The summed E-state index contributed by atoms with van der Waals surface area (Å²) in [4.78, 5) is 6.72. The van der Waals surface area contributed by atoms with Crippen LogP contribution in [0, 0.1) is 0 Å². The normalized spacial score (nSPS) is 15.5. The lowest BCUT2D eigenvalue weighted by Gasteiger charge is -2.17. The quantitative estimate of drug-likeness (QED) is 0.762. The van der Waals surface area contributed by atoms with Crippen LogP contribution in [0.1, 0.15) is 12.8 Å². The molecule has 1 N–H and O–H groups in total. The van der Waals surface area contributed by atoms with E-state index in [1.54, 1.807) is 0 Å². The van der Waals surface area contributed by atoms with Crippen molar-refractivity contribution < 1.29 is 0 Å². The lowest BCUT2D eigenvalue weighted by molar-refractivity contribution is 0.893. The maximum atomic E-state index is 4.47. The summed E-state index contributed by atoms with van der Waals surface area (Å²) in [5.74, 6) is 2.00. The van der Waals surface area contributed by atoms with Gasteiger partial charge >= 0.3 is 0 Å². The predicted molar refractivity (Wildman–Crippen MR) is 55.2 cm³/mol. The van der Waals surface area contributed by atoms with Crippen molar-refractivity contribution >= 4 is 11.6 Å². The molecule has 1 aliphatic carbocycles. The van der Waals surface area contributed by atoms with E-state index >= 15 is 0 Å². The molecule has 0 bridgehead atoms. The van der Waals surface area contributed by atoms with Crippen molar-refractivity contribution in [2.75, 3.05) is 24.3 Å². The van der Waals surface area contributed by atoms with E-state index < -0.39 is 0 Å². The Hall–Kier alpha value is -1.25. The third kappa shape index (κ3) is 1.74. The standard InChI is InChI=1S/C10H15N3/c1-11-9-4-3-5-10(12-9)13(2)8-6-7-8/h3-5,8H,6-7H2,1-2H3,(H,11,12). The fourth-order valence-corrected chi connectivity index (χ4v) is 1.41. The van der Waals surface area contributed by atoms with E-state index in [4.69, 9.17) is 0 Å². The van der Waals surface area contributed by atoms with Crippen molar-refractivity contribution in [1.29, 1.82) is 0 Å². The number of hydrogen-bond acceptors (Lipinski definition) is 3. The Morgan fingerprint density at radius 1 is 1.46 bits per heavy atom. The Labute approximate surface area is 78.8 Å². The van der Waals surface area contributed by atoms with Gasteiger partial charge < -0.3 is 10.2 Å². The molecule has 2 rings (SSSR count). The molecule has 3 nitrogen and oxygen atoms in total. The average molecular weight is 177 g/mol. The molecule has 0 aliphatic heterocycles. The van der Waals surface area contributed by atoms with Gasteiger partial charge in [-0.1, -0.05) is 6.07 Å². The molecule has 13 heavy (non-hydrogen) atoms. The van der Waals surface area contributed by atoms with Crippen LogP contribution in [-0.4, -0.2) is 25.1 Å². The first-order valence-corrected chi connectivity index (χ1v) is 4.69. The van der Waals surface area contributed by atoms with E-state index in [1.807, 2.05) is 19.2 Å². The summed E-state index contributed by atoms with van der Waals surface area (Å²) in [5, 5.41) is 3.04. The zero-order chi connectivity index (χ0) is 9.26. The van der Waals surface area contributed by atoms with Crippen LogP contribution >= 0.6 is 0 Å². The highest BCUT2D eigenvalue weighted by Gasteiger charge is 2.26. The smallest absolute Gasteiger partial charge is 0.130 e. The van der Waals surface area contributed by atoms with Crippen LogP contribution in [0.15, 0.2) is 18.2 Å². The van der Waals surface area contributed by atoms with Gasteiger partial charge in [0.2, 0.25) is 0 Å². The Morgan fingerprint density at radius 3 is 2.85 bits per heavy atom.